The van der Waals surface area contributed by atoms with Gasteiger partial charge in [-0.3, -0.25) is 19.3 Å². The minimum absolute atomic E-state index is 0.0829. The lowest BCUT2D eigenvalue weighted by atomic mass is 10.1. The van der Waals surface area contributed by atoms with Gasteiger partial charge in [-0.1, -0.05) is 13.3 Å². The van der Waals surface area contributed by atoms with Crippen LogP contribution in [0.15, 0.2) is 0 Å². The van der Waals surface area contributed by atoms with Crippen molar-refractivity contribution in [3.63, 3.8) is 0 Å². The Morgan fingerprint density at radius 3 is 2.53 bits per heavy atom. The van der Waals surface area contributed by atoms with Crippen LogP contribution in [0.1, 0.15) is 51.9 Å². The molecule has 0 spiro atoms. The molecule has 1 aliphatic rings. The number of likely N-dealkylation sites (tertiary alicyclic amines) is 1. The number of imide groups is 1. The molecular weight excluding hydrogens is 266 g/mol. The van der Waals surface area contributed by atoms with Crippen LogP contribution >= 0.6 is 11.8 Å². The molecule has 0 saturated carbocycles. The van der Waals surface area contributed by atoms with Gasteiger partial charge in [0.05, 0.1) is 5.37 Å². The van der Waals surface area contributed by atoms with Gasteiger partial charge in [0.1, 0.15) is 0 Å². The smallest absolute Gasteiger partial charge is 0.303 e. The zero-order valence-electron chi connectivity index (χ0n) is 11.3. The Hall–Kier alpha value is -1.04. The lowest BCUT2D eigenvalue weighted by Crippen LogP contribution is -2.45. The molecule has 19 heavy (non-hydrogen) atoms. The Morgan fingerprint density at radius 2 is 2.00 bits per heavy atom. The number of hydrogen-bond acceptors (Lipinski definition) is 4. The van der Waals surface area contributed by atoms with Crippen LogP contribution in [0.25, 0.3) is 0 Å². The Labute approximate surface area is 117 Å². The highest BCUT2D eigenvalue weighted by atomic mass is 32.2. The number of aliphatic carboxylic acids is 1. The number of thioether (sulfide) groups is 1. The van der Waals surface area contributed by atoms with Crippen molar-refractivity contribution in [2.75, 3.05) is 5.75 Å². The summed E-state index contributed by atoms with van der Waals surface area (Å²) in [6.07, 6.45) is 3.91. The van der Waals surface area contributed by atoms with E-state index in [4.69, 9.17) is 5.11 Å². The molecule has 1 unspecified atom stereocenters. The molecule has 1 fully saturated rings. The number of rotatable bonds is 8. The zero-order valence-corrected chi connectivity index (χ0v) is 12.1. The van der Waals surface area contributed by atoms with Crippen molar-refractivity contribution >= 4 is 29.5 Å². The Bertz CT molecular complexity index is 330. The van der Waals surface area contributed by atoms with Crippen LogP contribution in [0.3, 0.4) is 0 Å². The molecule has 0 aromatic rings. The molecule has 0 aromatic carbocycles. The standard InChI is InChI=1S/C13H21NO4S/c1-2-5-12(19-9-4-8-13(17)18)14-10(15)6-3-7-11(14)16/h12H,2-9H2,1H3,(H,17,18). The van der Waals surface area contributed by atoms with Gasteiger partial charge in [-0.2, -0.15) is 0 Å². The summed E-state index contributed by atoms with van der Waals surface area (Å²) >= 11 is 1.52. The van der Waals surface area contributed by atoms with E-state index < -0.39 is 5.97 Å². The number of nitrogens with zero attached hydrogens (tertiary/aromatic N) is 1. The predicted molar refractivity (Wildman–Crippen MR) is 73.7 cm³/mol. The summed E-state index contributed by atoms with van der Waals surface area (Å²) in [5, 5.41) is 8.46. The predicted octanol–water partition coefficient (Wildman–Crippen LogP) is 2.25. The second kappa shape index (κ2) is 8.19. The third-order valence-corrected chi connectivity index (χ3v) is 4.34. The van der Waals surface area contributed by atoms with E-state index in [0.29, 0.717) is 31.4 Å². The van der Waals surface area contributed by atoms with Crippen LogP contribution in [0.2, 0.25) is 0 Å². The Kier molecular flexibility index (Phi) is 6.91. The number of hydrogen-bond donors (Lipinski definition) is 1. The van der Waals surface area contributed by atoms with Crippen molar-refractivity contribution in [1.82, 2.24) is 4.90 Å². The van der Waals surface area contributed by atoms with Crippen LogP contribution in [0.4, 0.5) is 0 Å². The van der Waals surface area contributed by atoms with E-state index in [0.717, 1.165) is 12.8 Å². The minimum atomic E-state index is -0.808. The number of carboxylic acids is 1. The third-order valence-electron chi connectivity index (χ3n) is 2.99. The summed E-state index contributed by atoms with van der Waals surface area (Å²) in [6, 6.07) is 0. The second-order valence-electron chi connectivity index (χ2n) is 4.62. The highest BCUT2D eigenvalue weighted by Gasteiger charge is 2.32. The Balaban J connectivity index is 2.52. The lowest BCUT2D eigenvalue weighted by molar-refractivity contribution is -0.149. The molecule has 5 nitrogen and oxygen atoms in total. The maximum Gasteiger partial charge on any atom is 0.303 e. The molecule has 0 bridgehead atoms. The number of amides is 2. The highest BCUT2D eigenvalue weighted by molar-refractivity contribution is 7.99. The van der Waals surface area contributed by atoms with Crippen molar-refractivity contribution in [3.05, 3.63) is 0 Å². The lowest BCUT2D eigenvalue weighted by Gasteiger charge is -2.32. The van der Waals surface area contributed by atoms with Gasteiger partial charge in [-0.05, 0) is 25.0 Å². The summed E-state index contributed by atoms with van der Waals surface area (Å²) in [5.41, 5.74) is 0. The van der Waals surface area contributed by atoms with Gasteiger partial charge in [0, 0.05) is 19.3 Å². The van der Waals surface area contributed by atoms with E-state index >= 15 is 0 Å². The van der Waals surface area contributed by atoms with E-state index in [1.165, 1.54) is 16.7 Å². The summed E-state index contributed by atoms with van der Waals surface area (Å²) in [7, 11) is 0. The fourth-order valence-corrected chi connectivity index (χ4v) is 3.44. The largest absolute Gasteiger partial charge is 0.481 e. The quantitative estimate of drug-likeness (QED) is 0.547. The molecule has 1 heterocycles. The first-order valence-electron chi connectivity index (χ1n) is 6.74. The zero-order chi connectivity index (χ0) is 14.3. The van der Waals surface area contributed by atoms with E-state index in [9.17, 15) is 14.4 Å². The van der Waals surface area contributed by atoms with E-state index in [1.54, 1.807) is 0 Å². The van der Waals surface area contributed by atoms with E-state index in [1.807, 2.05) is 6.92 Å². The van der Waals surface area contributed by atoms with Gasteiger partial charge >= 0.3 is 5.97 Å². The normalized spacial score (nSPS) is 17.6. The molecule has 6 heteroatoms. The molecule has 0 aromatic heterocycles. The summed E-state index contributed by atoms with van der Waals surface area (Å²) in [4.78, 5) is 35.6. The van der Waals surface area contributed by atoms with Crippen molar-refractivity contribution in [3.8, 4) is 0 Å². The summed E-state index contributed by atoms with van der Waals surface area (Å²) in [6.45, 7) is 2.02. The minimum Gasteiger partial charge on any atom is -0.481 e. The van der Waals surface area contributed by atoms with Gasteiger partial charge in [0.2, 0.25) is 11.8 Å². The molecule has 1 N–H and O–H groups in total. The van der Waals surface area contributed by atoms with Gasteiger partial charge in [0.25, 0.3) is 0 Å². The molecule has 1 aliphatic heterocycles. The van der Waals surface area contributed by atoms with Crippen molar-refractivity contribution in [1.29, 1.82) is 0 Å². The number of carbonyl (C=O) groups is 3. The summed E-state index contributed by atoms with van der Waals surface area (Å²) in [5.74, 6) is -0.313. The van der Waals surface area contributed by atoms with Crippen LogP contribution in [-0.2, 0) is 14.4 Å². The second-order valence-corrected chi connectivity index (χ2v) is 5.91. The molecule has 2 amide bonds. The van der Waals surface area contributed by atoms with E-state index in [-0.39, 0.29) is 23.6 Å². The maximum absolute atomic E-state index is 11.9. The monoisotopic (exact) mass is 287 g/mol. The van der Waals surface area contributed by atoms with Crippen molar-refractivity contribution in [2.45, 2.75) is 57.2 Å². The number of piperidine rings is 1. The summed E-state index contributed by atoms with van der Waals surface area (Å²) < 4.78 is 0. The van der Waals surface area contributed by atoms with Crippen molar-refractivity contribution < 1.29 is 19.5 Å². The van der Waals surface area contributed by atoms with Gasteiger partial charge in [0.15, 0.2) is 0 Å². The molecule has 1 atom stereocenters. The molecule has 1 rings (SSSR count). The van der Waals surface area contributed by atoms with E-state index in [2.05, 4.69) is 0 Å². The molecule has 108 valence electrons. The average Bonchev–Trinajstić information content (AvgIpc) is 2.34. The fraction of sp³-hybridized carbons (Fsp3) is 0.769. The first kappa shape index (κ1) is 16.0. The Morgan fingerprint density at radius 1 is 1.37 bits per heavy atom. The molecular formula is C13H21NO4S. The number of carbonyl (C=O) groups excluding carboxylic acids is 2. The molecule has 0 radical (unpaired) electrons. The van der Waals surface area contributed by atoms with Gasteiger partial charge in [-0.25, -0.2) is 0 Å². The fourth-order valence-electron chi connectivity index (χ4n) is 2.07. The first-order chi connectivity index (χ1) is 9.06. The van der Waals surface area contributed by atoms with Crippen LogP contribution in [0.5, 0.6) is 0 Å². The first-order valence-corrected chi connectivity index (χ1v) is 7.79. The average molecular weight is 287 g/mol. The van der Waals surface area contributed by atoms with Crippen LogP contribution < -0.4 is 0 Å². The highest BCUT2D eigenvalue weighted by Crippen LogP contribution is 2.26. The molecule has 1 saturated heterocycles. The van der Waals surface area contributed by atoms with Gasteiger partial charge in [-0.15, -0.1) is 11.8 Å². The molecule has 0 aliphatic carbocycles. The third kappa shape index (κ3) is 5.22. The van der Waals surface area contributed by atoms with Gasteiger partial charge < -0.3 is 5.11 Å². The topological polar surface area (TPSA) is 74.7 Å². The van der Waals surface area contributed by atoms with Crippen molar-refractivity contribution in [2.24, 2.45) is 0 Å². The van der Waals surface area contributed by atoms with Crippen LogP contribution in [-0.4, -0.2) is 38.9 Å². The SMILES string of the molecule is CCCC(SCCCC(=O)O)N1C(=O)CCCC1=O. The maximum atomic E-state index is 11.9. The van der Waals surface area contributed by atoms with Crippen LogP contribution in [0, 0.1) is 0 Å². The number of carboxylic acid groups (broad SMARTS) is 1.